The molecule has 3 aromatic rings. The molecule has 0 saturated heterocycles. The fraction of sp³-hybridized carbons (Fsp3) is 0.222. The fourth-order valence-electron chi connectivity index (χ4n) is 2.64. The van der Waals surface area contributed by atoms with Crippen LogP contribution < -0.4 is 5.32 Å². The van der Waals surface area contributed by atoms with Gasteiger partial charge in [0.25, 0.3) is 0 Å². The first-order valence-electron chi connectivity index (χ1n) is 7.46. The maximum Gasteiger partial charge on any atom is 0.243 e. The third kappa shape index (κ3) is 3.08. The number of imidazole rings is 1. The molecule has 4 nitrogen and oxygen atoms in total. The molecular weight excluding hydrogens is 310 g/mol. The first kappa shape index (κ1) is 15.6. The molecule has 118 valence electrons. The minimum absolute atomic E-state index is 0.247. The van der Waals surface area contributed by atoms with Gasteiger partial charge in [0.15, 0.2) is 0 Å². The van der Waals surface area contributed by atoms with E-state index in [1.807, 2.05) is 42.6 Å². The van der Waals surface area contributed by atoms with Crippen LogP contribution >= 0.6 is 11.6 Å². The minimum Gasteiger partial charge on any atom is -0.309 e. The predicted molar refractivity (Wildman–Crippen MR) is 94.0 cm³/mol. The maximum atomic E-state index is 12.1. The van der Waals surface area contributed by atoms with E-state index in [2.05, 4.69) is 28.5 Å². The van der Waals surface area contributed by atoms with E-state index in [1.54, 1.807) is 6.92 Å². The van der Waals surface area contributed by atoms with Gasteiger partial charge in [-0.05, 0) is 45.0 Å². The van der Waals surface area contributed by atoms with Crippen LogP contribution in [-0.4, -0.2) is 20.7 Å². The summed E-state index contributed by atoms with van der Waals surface area (Å²) in [4.78, 5) is 16.8. The predicted octanol–water partition coefficient (Wildman–Crippen LogP) is 4.18. The number of alkyl halides is 1. The molecule has 0 aliphatic rings. The van der Waals surface area contributed by atoms with Crippen LogP contribution in [-0.2, 0) is 4.79 Å². The number of benzene rings is 1. The molecule has 1 amide bonds. The number of amides is 1. The Bertz CT molecular complexity index is 863. The van der Waals surface area contributed by atoms with Crippen molar-refractivity contribution in [2.45, 2.75) is 26.1 Å². The van der Waals surface area contributed by atoms with E-state index in [0.29, 0.717) is 5.82 Å². The van der Waals surface area contributed by atoms with Crippen molar-refractivity contribution in [2.24, 2.45) is 0 Å². The number of nitrogens with zero attached hydrogens (tertiary/aromatic N) is 2. The fourth-order valence-corrected chi connectivity index (χ4v) is 2.70. The first-order valence-corrected chi connectivity index (χ1v) is 7.90. The van der Waals surface area contributed by atoms with Gasteiger partial charge in [0, 0.05) is 11.8 Å². The van der Waals surface area contributed by atoms with Gasteiger partial charge in [0.2, 0.25) is 5.91 Å². The van der Waals surface area contributed by atoms with Gasteiger partial charge in [-0.1, -0.05) is 23.3 Å². The summed E-state index contributed by atoms with van der Waals surface area (Å²) < 4.78 is 1.87. The third-order valence-corrected chi connectivity index (χ3v) is 3.83. The van der Waals surface area contributed by atoms with Gasteiger partial charge in [-0.2, -0.15) is 0 Å². The Kier molecular flexibility index (Phi) is 4.09. The highest BCUT2D eigenvalue weighted by Crippen LogP contribution is 2.30. The number of fused-ring (bicyclic) bond motifs is 1. The van der Waals surface area contributed by atoms with E-state index in [9.17, 15) is 4.79 Å². The van der Waals surface area contributed by atoms with E-state index in [0.717, 1.165) is 28.0 Å². The average Bonchev–Trinajstić information content (AvgIpc) is 2.85. The molecule has 0 fully saturated rings. The van der Waals surface area contributed by atoms with Crippen LogP contribution in [0.1, 0.15) is 18.1 Å². The lowest BCUT2D eigenvalue weighted by atomic mass is 10.0. The Labute approximate surface area is 140 Å². The molecule has 1 N–H and O–H groups in total. The van der Waals surface area contributed by atoms with Crippen molar-refractivity contribution in [2.75, 3.05) is 5.32 Å². The van der Waals surface area contributed by atoms with Gasteiger partial charge < -0.3 is 5.32 Å². The standard InChI is InChI=1S/C18H18ClN3O/c1-11-8-12(2)10-14(9-11)16-17(21-18(23)13(3)19)22-7-5-4-6-15(22)20-16/h4-10,13H,1-3H3,(H,21,23)/t13-/m0/s1. The highest BCUT2D eigenvalue weighted by molar-refractivity contribution is 6.32. The Morgan fingerprint density at radius 3 is 2.57 bits per heavy atom. The first-order chi connectivity index (χ1) is 11.0. The lowest BCUT2D eigenvalue weighted by Gasteiger charge is -2.09. The molecule has 23 heavy (non-hydrogen) atoms. The second kappa shape index (κ2) is 6.05. The number of carbonyl (C=O) groups is 1. The summed E-state index contributed by atoms with van der Waals surface area (Å²) >= 11 is 5.90. The Morgan fingerprint density at radius 2 is 1.91 bits per heavy atom. The van der Waals surface area contributed by atoms with E-state index in [1.165, 1.54) is 0 Å². The van der Waals surface area contributed by atoms with E-state index in [-0.39, 0.29) is 5.91 Å². The Hall–Kier alpha value is -2.33. The number of rotatable bonds is 3. The number of aromatic nitrogens is 2. The molecule has 5 heteroatoms. The molecule has 3 rings (SSSR count). The molecule has 0 aliphatic heterocycles. The van der Waals surface area contributed by atoms with Gasteiger partial charge in [0.05, 0.1) is 0 Å². The molecule has 0 bridgehead atoms. The lowest BCUT2D eigenvalue weighted by Crippen LogP contribution is -2.21. The molecule has 1 aromatic carbocycles. The largest absolute Gasteiger partial charge is 0.309 e. The van der Waals surface area contributed by atoms with Crippen molar-refractivity contribution in [3.8, 4) is 11.3 Å². The van der Waals surface area contributed by atoms with Crippen molar-refractivity contribution in [1.29, 1.82) is 0 Å². The van der Waals surface area contributed by atoms with Crippen molar-refractivity contribution in [3.05, 3.63) is 53.7 Å². The van der Waals surface area contributed by atoms with Crippen LogP contribution in [0.3, 0.4) is 0 Å². The second-order valence-corrected chi connectivity index (χ2v) is 6.37. The lowest BCUT2D eigenvalue weighted by molar-refractivity contribution is -0.115. The van der Waals surface area contributed by atoms with Gasteiger partial charge >= 0.3 is 0 Å². The topological polar surface area (TPSA) is 46.4 Å². The van der Waals surface area contributed by atoms with Crippen LogP contribution in [0.4, 0.5) is 5.82 Å². The summed E-state index contributed by atoms with van der Waals surface area (Å²) in [7, 11) is 0. The molecular formula is C18H18ClN3O. The number of pyridine rings is 1. The van der Waals surface area contributed by atoms with Crippen molar-refractivity contribution >= 4 is 29.0 Å². The molecule has 0 saturated carbocycles. The smallest absolute Gasteiger partial charge is 0.243 e. The normalized spacial score (nSPS) is 12.3. The zero-order chi connectivity index (χ0) is 16.6. The molecule has 0 aliphatic carbocycles. The van der Waals surface area contributed by atoms with Crippen LogP contribution in [0.25, 0.3) is 16.9 Å². The number of halogens is 1. The zero-order valence-corrected chi connectivity index (χ0v) is 14.1. The molecule has 0 spiro atoms. The van der Waals surface area contributed by atoms with Crippen LogP contribution in [0, 0.1) is 13.8 Å². The number of nitrogens with one attached hydrogen (secondary N) is 1. The SMILES string of the molecule is Cc1cc(C)cc(-c2nc3ccccn3c2NC(=O)[C@H](C)Cl)c1. The number of hydrogen-bond donors (Lipinski definition) is 1. The van der Waals surface area contributed by atoms with Gasteiger partial charge in [-0.15, -0.1) is 11.6 Å². The molecule has 1 atom stereocenters. The number of aryl methyl sites for hydroxylation is 2. The number of anilines is 1. The molecule has 2 aromatic heterocycles. The van der Waals surface area contributed by atoms with Crippen molar-refractivity contribution < 1.29 is 4.79 Å². The highest BCUT2D eigenvalue weighted by atomic mass is 35.5. The summed E-state index contributed by atoms with van der Waals surface area (Å²) in [6.07, 6.45) is 1.88. The average molecular weight is 328 g/mol. The van der Waals surface area contributed by atoms with Gasteiger partial charge in [0.1, 0.15) is 22.5 Å². The van der Waals surface area contributed by atoms with Gasteiger partial charge in [-0.25, -0.2) is 4.98 Å². The van der Waals surface area contributed by atoms with E-state index < -0.39 is 5.38 Å². The molecule has 0 radical (unpaired) electrons. The maximum absolute atomic E-state index is 12.1. The zero-order valence-electron chi connectivity index (χ0n) is 13.3. The number of hydrogen-bond acceptors (Lipinski definition) is 2. The summed E-state index contributed by atoms with van der Waals surface area (Å²) in [5, 5.41) is 2.29. The second-order valence-electron chi connectivity index (χ2n) is 5.72. The van der Waals surface area contributed by atoms with Gasteiger partial charge in [-0.3, -0.25) is 9.20 Å². The third-order valence-electron chi connectivity index (χ3n) is 3.63. The quantitative estimate of drug-likeness (QED) is 0.733. The van der Waals surface area contributed by atoms with E-state index >= 15 is 0 Å². The Balaban J connectivity index is 2.21. The Morgan fingerprint density at radius 1 is 1.22 bits per heavy atom. The van der Waals surface area contributed by atoms with Crippen molar-refractivity contribution in [1.82, 2.24) is 9.38 Å². The number of carbonyl (C=O) groups excluding carboxylic acids is 1. The molecule has 0 unspecified atom stereocenters. The van der Waals surface area contributed by atoms with Crippen LogP contribution in [0.2, 0.25) is 0 Å². The summed E-state index contributed by atoms with van der Waals surface area (Å²) in [6.45, 7) is 5.74. The summed E-state index contributed by atoms with van der Waals surface area (Å²) in [6, 6.07) is 12.0. The van der Waals surface area contributed by atoms with Crippen LogP contribution in [0.15, 0.2) is 42.6 Å². The highest BCUT2D eigenvalue weighted by Gasteiger charge is 2.18. The summed E-state index contributed by atoms with van der Waals surface area (Å²) in [5.74, 6) is 0.394. The summed E-state index contributed by atoms with van der Waals surface area (Å²) in [5.41, 5.74) is 4.80. The monoisotopic (exact) mass is 327 g/mol. The van der Waals surface area contributed by atoms with E-state index in [4.69, 9.17) is 11.6 Å². The molecule has 2 heterocycles. The minimum atomic E-state index is -0.614. The van der Waals surface area contributed by atoms with Crippen molar-refractivity contribution in [3.63, 3.8) is 0 Å². The van der Waals surface area contributed by atoms with Crippen LogP contribution in [0.5, 0.6) is 0 Å².